The number of nitrogens with two attached hydrogens (primary N) is 1. The molecule has 3 rings (SSSR count). The summed E-state index contributed by atoms with van der Waals surface area (Å²) in [6.45, 7) is 0.623. The third-order valence-corrected chi connectivity index (χ3v) is 2.64. The van der Waals surface area contributed by atoms with Crippen LogP contribution in [0.25, 0.3) is 0 Å². The molecule has 1 aromatic heterocycles. The molecule has 0 fully saturated rings. The molecular weight excluding hydrogens is 214 g/mol. The highest BCUT2D eigenvalue weighted by Gasteiger charge is 2.14. The van der Waals surface area contributed by atoms with Gasteiger partial charge < -0.3 is 11.1 Å². The zero-order chi connectivity index (χ0) is 11.7. The van der Waals surface area contributed by atoms with Crippen molar-refractivity contribution >= 4 is 22.9 Å². The van der Waals surface area contributed by atoms with Crippen molar-refractivity contribution in [2.24, 2.45) is 4.99 Å². The summed E-state index contributed by atoms with van der Waals surface area (Å²) < 4.78 is 0. The van der Waals surface area contributed by atoms with Gasteiger partial charge in [-0.25, -0.2) is 15.0 Å². The number of nitrogen functional groups attached to an aromatic ring is 1. The zero-order valence-corrected chi connectivity index (χ0v) is 9.09. The van der Waals surface area contributed by atoms with Crippen LogP contribution in [0.2, 0.25) is 0 Å². The first-order valence-corrected chi connectivity index (χ1v) is 5.31. The number of rotatable bonds is 1. The Morgan fingerprint density at radius 2 is 2.12 bits per heavy atom. The fourth-order valence-electron chi connectivity index (χ4n) is 1.81. The monoisotopic (exact) mass is 225 g/mol. The molecule has 17 heavy (non-hydrogen) atoms. The molecule has 1 aliphatic heterocycles. The standard InChI is InChI=1S/C12H11N5/c13-9-4-2-1-3-8(9)10-6-15-12-11(17-10)5-14-7-16-12/h1-5,7H,6,13H2,(H,14,15,16). The molecule has 0 saturated carbocycles. The number of hydrogen-bond donors (Lipinski definition) is 2. The van der Waals surface area contributed by atoms with Gasteiger partial charge in [-0.3, -0.25) is 0 Å². The Hall–Kier alpha value is -2.43. The number of fused-ring (bicyclic) bond motifs is 1. The number of aromatic nitrogens is 2. The van der Waals surface area contributed by atoms with Gasteiger partial charge in [0.2, 0.25) is 0 Å². The maximum atomic E-state index is 5.93. The van der Waals surface area contributed by atoms with Crippen molar-refractivity contribution in [3.8, 4) is 0 Å². The molecule has 2 aromatic rings. The van der Waals surface area contributed by atoms with Crippen LogP contribution in [0.3, 0.4) is 0 Å². The Bertz CT molecular complexity index is 591. The fraction of sp³-hybridized carbons (Fsp3) is 0.0833. The van der Waals surface area contributed by atoms with Crippen LogP contribution in [0.15, 0.2) is 41.8 Å². The van der Waals surface area contributed by atoms with E-state index in [4.69, 9.17) is 5.73 Å². The van der Waals surface area contributed by atoms with Crippen LogP contribution in [0.1, 0.15) is 5.56 Å². The molecule has 0 radical (unpaired) electrons. The van der Waals surface area contributed by atoms with E-state index >= 15 is 0 Å². The lowest BCUT2D eigenvalue weighted by atomic mass is 10.1. The smallest absolute Gasteiger partial charge is 0.155 e. The fourth-order valence-corrected chi connectivity index (χ4v) is 1.81. The normalized spacial score (nSPS) is 13.5. The molecule has 2 heterocycles. The number of hydrogen-bond acceptors (Lipinski definition) is 5. The third-order valence-electron chi connectivity index (χ3n) is 2.64. The van der Waals surface area contributed by atoms with E-state index in [1.165, 1.54) is 6.33 Å². The minimum atomic E-state index is 0.623. The number of para-hydroxylation sites is 1. The molecule has 0 aliphatic carbocycles. The van der Waals surface area contributed by atoms with Crippen molar-refractivity contribution in [2.45, 2.75) is 0 Å². The van der Waals surface area contributed by atoms with E-state index in [1.807, 2.05) is 24.3 Å². The quantitative estimate of drug-likeness (QED) is 0.723. The third kappa shape index (κ3) is 1.71. The summed E-state index contributed by atoms with van der Waals surface area (Å²) >= 11 is 0. The topological polar surface area (TPSA) is 76.2 Å². The predicted molar refractivity (Wildman–Crippen MR) is 67.6 cm³/mol. The highest BCUT2D eigenvalue weighted by atomic mass is 15.1. The summed E-state index contributed by atoms with van der Waals surface area (Å²) in [6.07, 6.45) is 3.19. The highest BCUT2D eigenvalue weighted by Crippen LogP contribution is 2.26. The van der Waals surface area contributed by atoms with Gasteiger partial charge in [-0.1, -0.05) is 18.2 Å². The minimum absolute atomic E-state index is 0.623. The van der Waals surface area contributed by atoms with Crippen LogP contribution in [0.4, 0.5) is 17.2 Å². The Balaban J connectivity index is 2.08. The van der Waals surface area contributed by atoms with E-state index in [0.29, 0.717) is 6.54 Å². The van der Waals surface area contributed by atoms with Crippen molar-refractivity contribution in [2.75, 3.05) is 17.6 Å². The minimum Gasteiger partial charge on any atom is -0.398 e. The van der Waals surface area contributed by atoms with Crippen molar-refractivity contribution in [1.29, 1.82) is 0 Å². The molecule has 84 valence electrons. The summed E-state index contributed by atoms with van der Waals surface area (Å²) in [4.78, 5) is 12.6. The summed E-state index contributed by atoms with van der Waals surface area (Å²) in [6, 6.07) is 7.69. The number of benzene rings is 1. The van der Waals surface area contributed by atoms with Crippen LogP contribution >= 0.6 is 0 Å². The summed E-state index contributed by atoms with van der Waals surface area (Å²) in [5, 5.41) is 3.20. The molecule has 5 heteroatoms. The van der Waals surface area contributed by atoms with Crippen LogP contribution in [0, 0.1) is 0 Å². The van der Waals surface area contributed by atoms with Crippen molar-refractivity contribution in [3.63, 3.8) is 0 Å². The molecule has 1 aliphatic rings. The number of nitrogens with one attached hydrogen (secondary N) is 1. The SMILES string of the molecule is Nc1ccccc1C1=Nc2cncnc2NC1. The lowest BCUT2D eigenvalue weighted by molar-refractivity contribution is 1.12. The summed E-state index contributed by atoms with van der Waals surface area (Å²) in [7, 11) is 0. The second-order valence-corrected chi connectivity index (χ2v) is 3.76. The van der Waals surface area contributed by atoms with Crippen molar-refractivity contribution in [3.05, 3.63) is 42.4 Å². The zero-order valence-electron chi connectivity index (χ0n) is 9.09. The van der Waals surface area contributed by atoms with Gasteiger partial charge in [0.05, 0.1) is 18.5 Å². The second kappa shape index (κ2) is 3.86. The Kier molecular flexibility index (Phi) is 2.22. The molecule has 0 spiro atoms. The van der Waals surface area contributed by atoms with E-state index in [-0.39, 0.29) is 0 Å². The average Bonchev–Trinajstić information content (AvgIpc) is 2.39. The maximum Gasteiger partial charge on any atom is 0.155 e. The molecule has 0 unspecified atom stereocenters. The van der Waals surface area contributed by atoms with Crippen LogP contribution in [-0.4, -0.2) is 22.2 Å². The Morgan fingerprint density at radius 3 is 3.00 bits per heavy atom. The van der Waals surface area contributed by atoms with E-state index in [1.54, 1.807) is 6.20 Å². The van der Waals surface area contributed by atoms with E-state index in [2.05, 4.69) is 20.3 Å². The van der Waals surface area contributed by atoms with Gasteiger partial charge in [-0.2, -0.15) is 0 Å². The first kappa shape index (κ1) is 9.77. The summed E-state index contributed by atoms with van der Waals surface area (Å²) in [5.41, 5.74) is 9.27. The van der Waals surface area contributed by atoms with Gasteiger partial charge in [0.1, 0.15) is 12.0 Å². The van der Waals surface area contributed by atoms with Gasteiger partial charge in [0.15, 0.2) is 5.82 Å². The highest BCUT2D eigenvalue weighted by molar-refractivity contribution is 6.09. The van der Waals surface area contributed by atoms with Gasteiger partial charge in [-0.15, -0.1) is 0 Å². The molecule has 0 bridgehead atoms. The molecule has 0 amide bonds. The molecule has 1 aromatic carbocycles. The molecule has 0 atom stereocenters. The van der Waals surface area contributed by atoms with Gasteiger partial charge in [0.25, 0.3) is 0 Å². The lowest BCUT2D eigenvalue weighted by Gasteiger charge is -2.17. The number of anilines is 2. The number of aliphatic imine (C=N–C) groups is 1. The van der Waals surface area contributed by atoms with Gasteiger partial charge in [-0.05, 0) is 6.07 Å². The van der Waals surface area contributed by atoms with Gasteiger partial charge in [0, 0.05) is 11.3 Å². The number of nitrogens with zero attached hydrogens (tertiary/aromatic N) is 3. The lowest BCUT2D eigenvalue weighted by Crippen LogP contribution is -2.20. The molecule has 3 N–H and O–H groups in total. The van der Waals surface area contributed by atoms with Gasteiger partial charge >= 0.3 is 0 Å². The first-order valence-electron chi connectivity index (χ1n) is 5.31. The van der Waals surface area contributed by atoms with Crippen molar-refractivity contribution in [1.82, 2.24) is 9.97 Å². The van der Waals surface area contributed by atoms with Crippen LogP contribution < -0.4 is 11.1 Å². The maximum absolute atomic E-state index is 5.93. The molecule has 0 saturated heterocycles. The second-order valence-electron chi connectivity index (χ2n) is 3.76. The average molecular weight is 225 g/mol. The van der Waals surface area contributed by atoms with Crippen LogP contribution in [0.5, 0.6) is 0 Å². The Labute approximate surface area is 98.4 Å². The predicted octanol–water partition coefficient (Wildman–Crippen LogP) is 1.61. The molecular formula is C12H11N5. The summed E-state index contributed by atoms with van der Waals surface area (Å²) in [5.74, 6) is 0.762. The van der Waals surface area contributed by atoms with E-state index in [0.717, 1.165) is 28.5 Å². The Morgan fingerprint density at radius 1 is 1.24 bits per heavy atom. The van der Waals surface area contributed by atoms with Crippen molar-refractivity contribution < 1.29 is 0 Å². The van der Waals surface area contributed by atoms with E-state index in [9.17, 15) is 0 Å². The largest absolute Gasteiger partial charge is 0.398 e. The first-order chi connectivity index (χ1) is 8.34. The molecule has 5 nitrogen and oxygen atoms in total. The van der Waals surface area contributed by atoms with E-state index < -0.39 is 0 Å². The van der Waals surface area contributed by atoms with Crippen LogP contribution in [-0.2, 0) is 0 Å².